The van der Waals surface area contributed by atoms with E-state index >= 15 is 0 Å². The van der Waals surface area contributed by atoms with Crippen LogP contribution in [0.3, 0.4) is 0 Å². The van der Waals surface area contributed by atoms with Gasteiger partial charge in [-0.1, -0.05) is 13.3 Å². The molecule has 4 heterocycles. The highest BCUT2D eigenvalue weighted by molar-refractivity contribution is 6.05. The van der Waals surface area contributed by atoms with Crippen LogP contribution in [0.2, 0.25) is 0 Å². The van der Waals surface area contributed by atoms with Crippen molar-refractivity contribution in [2.45, 2.75) is 64.5 Å². The van der Waals surface area contributed by atoms with Crippen LogP contribution in [0.25, 0.3) is 0 Å². The van der Waals surface area contributed by atoms with Crippen molar-refractivity contribution in [3.05, 3.63) is 29.3 Å². The summed E-state index contributed by atoms with van der Waals surface area (Å²) in [4.78, 5) is 55.5. The Labute approximate surface area is 223 Å². The van der Waals surface area contributed by atoms with Crippen molar-refractivity contribution >= 4 is 23.6 Å². The first-order valence-corrected chi connectivity index (χ1v) is 14.2. The van der Waals surface area contributed by atoms with Crippen LogP contribution in [0.1, 0.15) is 67.8 Å². The molecule has 0 radical (unpaired) electrons. The molecule has 4 amide bonds. The van der Waals surface area contributed by atoms with E-state index in [0.717, 1.165) is 75.6 Å². The Bertz CT molecular complexity index is 1130. The van der Waals surface area contributed by atoms with Crippen LogP contribution < -0.4 is 10.1 Å². The summed E-state index contributed by atoms with van der Waals surface area (Å²) in [6.07, 6.45) is 6.16. The van der Waals surface area contributed by atoms with E-state index in [1.54, 1.807) is 11.0 Å². The summed E-state index contributed by atoms with van der Waals surface area (Å²) in [5, 5.41) is 2.34. The molecule has 6 rings (SSSR count). The van der Waals surface area contributed by atoms with Gasteiger partial charge in [0.15, 0.2) is 0 Å². The highest BCUT2D eigenvalue weighted by atomic mass is 16.5. The number of rotatable bonds is 7. The zero-order valence-corrected chi connectivity index (χ0v) is 22.2. The van der Waals surface area contributed by atoms with Gasteiger partial charge in [0.2, 0.25) is 17.7 Å². The Hall–Kier alpha value is -2.94. The van der Waals surface area contributed by atoms with Gasteiger partial charge in [0.1, 0.15) is 18.4 Å². The Balaban J connectivity index is 0.922. The molecule has 1 N–H and O–H groups in total. The number of hydrogen-bond donors (Lipinski definition) is 1. The molecule has 0 aromatic heterocycles. The number of likely N-dealkylation sites (tertiary alicyclic amines) is 2. The van der Waals surface area contributed by atoms with Gasteiger partial charge in [-0.3, -0.25) is 29.4 Å². The molecule has 0 bridgehead atoms. The van der Waals surface area contributed by atoms with E-state index in [0.29, 0.717) is 37.0 Å². The average molecular weight is 523 g/mol. The van der Waals surface area contributed by atoms with E-state index in [1.165, 1.54) is 6.42 Å². The minimum absolute atomic E-state index is 0.0819. The van der Waals surface area contributed by atoms with Crippen LogP contribution in [0, 0.1) is 17.3 Å². The number of nitrogens with one attached hydrogen (secondary N) is 1. The first-order chi connectivity index (χ1) is 18.3. The number of carbonyl (C=O) groups excluding carboxylic acids is 4. The predicted molar refractivity (Wildman–Crippen MR) is 139 cm³/mol. The number of imide groups is 1. The zero-order chi connectivity index (χ0) is 26.4. The maximum absolute atomic E-state index is 12.9. The second kappa shape index (κ2) is 9.98. The number of fused-ring (bicyclic) bond motifs is 1. The number of benzene rings is 1. The lowest BCUT2D eigenvalue weighted by Gasteiger charge is -2.48. The Morgan fingerprint density at radius 1 is 1.08 bits per heavy atom. The van der Waals surface area contributed by atoms with Crippen LogP contribution in [0.15, 0.2) is 18.2 Å². The number of hydrogen-bond acceptors (Lipinski definition) is 6. The standard InChI is InChI=1S/C29H38N4O5/c1-29(9-2-10-29)28(37)32-11-7-19(8-12-32)21-16-31(17-21)13-14-38-22-3-4-23-20(15-22)18-33(27(23)36)24-5-6-25(34)30-26(24)35/h3-4,15,19,21,24H,2,5-14,16-18H2,1H3,(H,30,34,35). The van der Waals surface area contributed by atoms with Crippen molar-refractivity contribution in [1.29, 1.82) is 0 Å². The monoisotopic (exact) mass is 522 g/mol. The maximum atomic E-state index is 12.9. The molecule has 5 aliphatic rings. The zero-order valence-electron chi connectivity index (χ0n) is 22.2. The topological polar surface area (TPSA) is 99.3 Å². The highest BCUT2D eigenvalue weighted by Gasteiger charge is 2.44. The smallest absolute Gasteiger partial charge is 0.255 e. The minimum Gasteiger partial charge on any atom is -0.492 e. The molecule has 1 aliphatic carbocycles. The molecule has 1 aromatic rings. The van der Waals surface area contributed by atoms with E-state index in [2.05, 4.69) is 22.0 Å². The molecule has 3 saturated heterocycles. The molecule has 1 unspecified atom stereocenters. The highest BCUT2D eigenvalue weighted by Crippen LogP contribution is 2.43. The van der Waals surface area contributed by atoms with E-state index in [-0.39, 0.29) is 23.7 Å². The lowest BCUT2D eigenvalue weighted by atomic mass is 9.69. The fraction of sp³-hybridized carbons (Fsp3) is 0.655. The lowest BCUT2D eigenvalue weighted by molar-refractivity contribution is -0.148. The number of nitrogens with zero attached hydrogens (tertiary/aromatic N) is 3. The SMILES string of the molecule is CC1(C(=O)N2CCC(C3CN(CCOc4ccc5c(c4)CN(C4CCC(=O)NC4=O)C5=O)C3)CC2)CCC1. The summed E-state index contributed by atoms with van der Waals surface area (Å²) in [6.45, 7) is 7.97. The molecule has 4 fully saturated rings. The maximum Gasteiger partial charge on any atom is 0.255 e. The van der Waals surface area contributed by atoms with Crippen molar-refractivity contribution in [3.8, 4) is 5.75 Å². The third kappa shape index (κ3) is 4.70. The van der Waals surface area contributed by atoms with Crippen molar-refractivity contribution in [2.24, 2.45) is 17.3 Å². The summed E-state index contributed by atoms with van der Waals surface area (Å²) in [6, 6.07) is 4.90. The molecular formula is C29H38N4O5. The summed E-state index contributed by atoms with van der Waals surface area (Å²) >= 11 is 0. The summed E-state index contributed by atoms with van der Waals surface area (Å²) < 4.78 is 6.02. The normalized spacial score (nSPS) is 26.0. The van der Waals surface area contributed by atoms with E-state index in [4.69, 9.17) is 4.74 Å². The van der Waals surface area contributed by atoms with Gasteiger partial charge in [0, 0.05) is 56.7 Å². The third-order valence-electron chi connectivity index (χ3n) is 9.62. The van der Waals surface area contributed by atoms with Crippen LogP contribution in [0.5, 0.6) is 5.75 Å². The fourth-order valence-electron chi connectivity index (χ4n) is 6.90. The van der Waals surface area contributed by atoms with Crippen molar-refractivity contribution < 1.29 is 23.9 Å². The number of ether oxygens (including phenoxy) is 1. The Morgan fingerprint density at radius 3 is 2.53 bits per heavy atom. The van der Waals surface area contributed by atoms with Crippen LogP contribution in [-0.2, 0) is 20.9 Å². The first-order valence-electron chi connectivity index (χ1n) is 14.2. The van der Waals surface area contributed by atoms with Crippen molar-refractivity contribution in [3.63, 3.8) is 0 Å². The van der Waals surface area contributed by atoms with Crippen LogP contribution >= 0.6 is 0 Å². The van der Waals surface area contributed by atoms with E-state index in [9.17, 15) is 19.2 Å². The molecule has 9 heteroatoms. The summed E-state index contributed by atoms with van der Waals surface area (Å²) in [5.74, 6) is 1.71. The second-order valence-electron chi connectivity index (χ2n) is 12.1. The van der Waals surface area contributed by atoms with Gasteiger partial charge < -0.3 is 14.5 Å². The Morgan fingerprint density at radius 2 is 1.84 bits per heavy atom. The van der Waals surface area contributed by atoms with Gasteiger partial charge >= 0.3 is 0 Å². The fourth-order valence-corrected chi connectivity index (χ4v) is 6.90. The number of carbonyl (C=O) groups is 4. The van der Waals surface area contributed by atoms with Gasteiger partial charge in [0.05, 0.1) is 0 Å². The average Bonchev–Trinajstić information content (AvgIpc) is 3.19. The van der Waals surface area contributed by atoms with Gasteiger partial charge in [-0.25, -0.2) is 0 Å². The predicted octanol–water partition coefficient (Wildman–Crippen LogP) is 2.19. The summed E-state index contributed by atoms with van der Waals surface area (Å²) in [7, 11) is 0. The molecule has 0 spiro atoms. The van der Waals surface area contributed by atoms with Crippen LogP contribution in [-0.4, -0.2) is 83.7 Å². The first kappa shape index (κ1) is 25.3. The van der Waals surface area contributed by atoms with Crippen molar-refractivity contribution in [1.82, 2.24) is 20.0 Å². The number of piperidine rings is 2. The minimum atomic E-state index is -0.602. The molecular weight excluding hydrogens is 484 g/mol. The quantitative estimate of drug-likeness (QED) is 0.552. The van der Waals surface area contributed by atoms with E-state index < -0.39 is 11.9 Å². The third-order valence-corrected chi connectivity index (χ3v) is 9.62. The largest absolute Gasteiger partial charge is 0.492 e. The van der Waals surface area contributed by atoms with Gasteiger partial charge in [-0.15, -0.1) is 0 Å². The Kier molecular flexibility index (Phi) is 6.66. The van der Waals surface area contributed by atoms with Gasteiger partial charge in [-0.2, -0.15) is 0 Å². The number of amides is 4. The van der Waals surface area contributed by atoms with Gasteiger partial charge in [0.25, 0.3) is 5.91 Å². The molecule has 1 atom stereocenters. The molecule has 38 heavy (non-hydrogen) atoms. The van der Waals surface area contributed by atoms with E-state index in [1.807, 2.05) is 12.1 Å². The second-order valence-corrected chi connectivity index (χ2v) is 12.1. The van der Waals surface area contributed by atoms with Gasteiger partial charge in [-0.05, 0) is 67.7 Å². The lowest BCUT2D eigenvalue weighted by Crippen LogP contribution is -2.54. The van der Waals surface area contributed by atoms with Crippen LogP contribution in [0.4, 0.5) is 0 Å². The molecule has 204 valence electrons. The molecule has 1 aromatic carbocycles. The molecule has 1 saturated carbocycles. The van der Waals surface area contributed by atoms with Crippen molar-refractivity contribution in [2.75, 3.05) is 39.3 Å². The summed E-state index contributed by atoms with van der Waals surface area (Å²) in [5.41, 5.74) is 1.38. The molecule has 4 aliphatic heterocycles. The molecule has 9 nitrogen and oxygen atoms in total.